The van der Waals surface area contributed by atoms with Gasteiger partial charge in [-0.05, 0) is 43.5 Å². The molecule has 1 saturated heterocycles. The fourth-order valence-corrected chi connectivity index (χ4v) is 4.17. The number of carbonyl (C=O) groups excluding carboxylic acids is 1. The van der Waals surface area contributed by atoms with Crippen molar-refractivity contribution >= 4 is 27.5 Å². The molecule has 0 radical (unpaired) electrons. The zero-order valence-electron chi connectivity index (χ0n) is 12.6. The van der Waals surface area contributed by atoms with Crippen molar-refractivity contribution in [1.29, 1.82) is 0 Å². The lowest BCUT2D eigenvalue weighted by molar-refractivity contribution is -0.126. The molecule has 0 spiro atoms. The third-order valence-electron chi connectivity index (χ3n) is 3.76. The summed E-state index contributed by atoms with van der Waals surface area (Å²) < 4.78 is 26.7. The maximum absolute atomic E-state index is 12.6. The van der Waals surface area contributed by atoms with Gasteiger partial charge in [0.15, 0.2) is 0 Å². The van der Waals surface area contributed by atoms with Crippen LogP contribution in [-0.4, -0.2) is 38.3 Å². The lowest BCUT2D eigenvalue weighted by Gasteiger charge is -2.31. The molecule has 1 aromatic carbocycles. The van der Waals surface area contributed by atoms with Gasteiger partial charge in [0.1, 0.15) is 0 Å². The van der Waals surface area contributed by atoms with E-state index in [1.165, 1.54) is 16.4 Å². The van der Waals surface area contributed by atoms with Crippen molar-refractivity contribution in [3.8, 4) is 0 Å². The first-order valence-corrected chi connectivity index (χ1v) is 9.30. The van der Waals surface area contributed by atoms with Crippen LogP contribution in [0.25, 0.3) is 0 Å². The molecule has 0 bridgehead atoms. The molecule has 0 unspecified atom stereocenters. The minimum absolute atomic E-state index is 0.0575. The van der Waals surface area contributed by atoms with Crippen LogP contribution in [-0.2, 0) is 14.8 Å². The van der Waals surface area contributed by atoms with Crippen LogP contribution in [0.5, 0.6) is 0 Å². The van der Waals surface area contributed by atoms with E-state index in [0.29, 0.717) is 24.5 Å². The highest BCUT2D eigenvalue weighted by Crippen LogP contribution is 2.24. The third kappa shape index (κ3) is 4.00. The first-order valence-electron chi connectivity index (χ1n) is 7.48. The number of sulfonamides is 1. The van der Waals surface area contributed by atoms with Crippen molar-refractivity contribution in [2.45, 2.75) is 31.1 Å². The van der Waals surface area contributed by atoms with Gasteiger partial charge in [-0.1, -0.05) is 18.5 Å². The Morgan fingerprint density at radius 3 is 2.68 bits per heavy atom. The van der Waals surface area contributed by atoms with Crippen LogP contribution in [0.2, 0.25) is 5.02 Å². The zero-order valence-corrected chi connectivity index (χ0v) is 14.2. The third-order valence-corrected chi connectivity index (χ3v) is 5.89. The minimum Gasteiger partial charge on any atom is -0.356 e. The number of benzene rings is 1. The summed E-state index contributed by atoms with van der Waals surface area (Å²) in [5, 5.41) is 3.34. The quantitative estimate of drug-likeness (QED) is 0.891. The SMILES string of the molecule is CCCNC(=O)[C@H]1CCCN(S(=O)(=O)c2ccc(Cl)cc2)C1. The lowest BCUT2D eigenvalue weighted by Crippen LogP contribution is -2.45. The largest absolute Gasteiger partial charge is 0.356 e. The Bertz CT molecular complexity index is 616. The van der Waals surface area contributed by atoms with Gasteiger partial charge in [0.2, 0.25) is 15.9 Å². The molecule has 1 amide bonds. The summed E-state index contributed by atoms with van der Waals surface area (Å²) in [6.07, 6.45) is 2.28. The topological polar surface area (TPSA) is 66.5 Å². The van der Waals surface area contributed by atoms with E-state index in [0.717, 1.165) is 12.8 Å². The number of halogens is 1. The Kier molecular flexibility index (Phi) is 5.83. The highest BCUT2D eigenvalue weighted by molar-refractivity contribution is 7.89. The summed E-state index contributed by atoms with van der Waals surface area (Å²) in [6.45, 7) is 3.29. The summed E-state index contributed by atoms with van der Waals surface area (Å²) in [7, 11) is -3.57. The molecule has 1 fully saturated rings. The van der Waals surface area contributed by atoms with Crippen LogP contribution in [0.3, 0.4) is 0 Å². The standard InChI is InChI=1S/C15H21ClN2O3S/c1-2-9-17-15(19)12-4-3-10-18(11-12)22(20,21)14-7-5-13(16)6-8-14/h5-8,12H,2-4,9-11H2,1H3,(H,17,19)/t12-/m0/s1. The Hall–Kier alpha value is -1.11. The van der Waals surface area contributed by atoms with Crippen LogP contribution in [0.4, 0.5) is 0 Å². The number of piperidine rings is 1. The van der Waals surface area contributed by atoms with E-state index in [1.807, 2.05) is 6.92 Å². The van der Waals surface area contributed by atoms with Gasteiger partial charge in [0, 0.05) is 24.7 Å². The maximum atomic E-state index is 12.6. The van der Waals surface area contributed by atoms with E-state index in [9.17, 15) is 13.2 Å². The number of carbonyl (C=O) groups is 1. The summed E-state index contributed by atoms with van der Waals surface area (Å²) in [4.78, 5) is 12.3. The highest BCUT2D eigenvalue weighted by atomic mass is 35.5. The van der Waals surface area contributed by atoms with Gasteiger partial charge < -0.3 is 5.32 Å². The number of rotatable bonds is 5. The summed E-state index contributed by atoms with van der Waals surface area (Å²) in [5.41, 5.74) is 0. The van der Waals surface area contributed by atoms with Crippen LogP contribution in [0, 0.1) is 5.92 Å². The molecule has 1 atom stereocenters. The lowest BCUT2D eigenvalue weighted by atomic mass is 9.99. The fourth-order valence-electron chi connectivity index (χ4n) is 2.52. The van der Waals surface area contributed by atoms with Crippen molar-refractivity contribution in [1.82, 2.24) is 9.62 Å². The predicted octanol–water partition coefficient (Wildman–Crippen LogP) is 2.27. The van der Waals surface area contributed by atoms with Crippen LogP contribution < -0.4 is 5.32 Å². The molecule has 1 aliphatic rings. The Balaban J connectivity index is 2.11. The Labute approximate surface area is 136 Å². The molecule has 7 heteroatoms. The molecule has 0 aliphatic carbocycles. The molecule has 1 aromatic rings. The molecule has 5 nitrogen and oxygen atoms in total. The molecule has 0 aromatic heterocycles. The second kappa shape index (κ2) is 7.44. The van der Waals surface area contributed by atoms with Crippen molar-refractivity contribution in [3.63, 3.8) is 0 Å². The fraction of sp³-hybridized carbons (Fsp3) is 0.533. The van der Waals surface area contributed by atoms with Gasteiger partial charge >= 0.3 is 0 Å². The van der Waals surface area contributed by atoms with E-state index in [4.69, 9.17) is 11.6 Å². The summed E-state index contributed by atoms with van der Waals surface area (Å²) in [6, 6.07) is 6.12. The highest BCUT2D eigenvalue weighted by Gasteiger charge is 2.33. The van der Waals surface area contributed by atoms with Crippen molar-refractivity contribution in [2.24, 2.45) is 5.92 Å². The van der Waals surface area contributed by atoms with E-state index >= 15 is 0 Å². The smallest absolute Gasteiger partial charge is 0.243 e. The van der Waals surface area contributed by atoms with E-state index in [1.54, 1.807) is 12.1 Å². The van der Waals surface area contributed by atoms with Crippen molar-refractivity contribution in [3.05, 3.63) is 29.3 Å². The predicted molar refractivity (Wildman–Crippen MR) is 86.2 cm³/mol. The summed E-state index contributed by atoms with van der Waals surface area (Å²) in [5.74, 6) is -0.333. The van der Waals surface area contributed by atoms with Crippen molar-refractivity contribution < 1.29 is 13.2 Å². The average Bonchev–Trinajstić information content (AvgIpc) is 2.53. The van der Waals surface area contributed by atoms with Crippen LogP contribution in [0.15, 0.2) is 29.2 Å². The molecule has 122 valence electrons. The van der Waals surface area contributed by atoms with Gasteiger partial charge in [-0.3, -0.25) is 4.79 Å². The molecular weight excluding hydrogens is 324 g/mol. The maximum Gasteiger partial charge on any atom is 0.243 e. The van der Waals surface area contributed by atoms with Gasteiger partial charge in [-0.15, -0.1) is 0 Å². The second-order valence-corrected chi connectivity index (χ2v) is 7.82. The number of hydrogen-bond acceptors (Lipinski definition) is 3. The number of nitrogens with zero attached hydrogens (tertiary/aromatic N) is 1. The molecule has 1 heterocycles. The van der Waals surface area contributed by atoms with E-state index in [-0.39, 0.29) is 23.3 Å². The second-order valence-electron chi connectivity index (χ2n) is 5.45. The van der Waals surface area contributed by atoms with Crippen LogP contribution in [0.1, 0.15) is 26.2 Å². The molecule has 2 rings (SSSR count). The molecule has 1 N–H and O–H groups in total. The Morgan fingerprint density at radius 2 is 2.05 bits per heavy atom. The number of hydrogen-bond donors (Lipinski definition) is 1. The molecule has 1 aliphatic heterocycles. The van der Waals surface area contributed by atoms with Gasteiger partial charge in [-0.25, -0.2) is 8.42 Å². The van der Waals surface area contributed by atoms with Gasteiger partial charge in [0.05, 0.1) is 10.8 Å². The number of amides is 1. The summed E-state index contributed by atoms with van der Waals surface area (Å²) >= 11 is 5.80. The van der Waals surface area contributed by atoms with Gasteiger partial charge in [0.25, 0.3) is 0 Å². The normalized spacial score (nSPS) is 19.8. The van der Waals surface area contributed by atoms with E-state index < -0.39 is 10.0 Å². The van der Waals surface area contributed by atoms with Gasteiger partial charge in [-0.2, -0.15) is 4.31 Å². The molecule has 22 heavy (non-hydrogen) atoms. The first kappa shape index (κ1) is 17.2. The average molecular weight is 345 g/mol. The zero-order chi connectivity index (χ0) is 16.2. The van der Waals surface area contributed by atoms with Crippen molar-refractivity contribution in [2.75, 3.05) is 19.6 Å². The van der Waals surface area contributed by atoms with E-state index in [2.05, 4.69) is 5.32 Å². The van der Waals surface area contributed by atoms with Crippen LogP contribution >= 0.6 is 11.6 Å². The molecular formula is C15H21ClN2O3S. The molecule has 0 saturated carbocycles. The Morgan fingerprint density at radius 1 is 1.36 bits per heavy atom. The first-order chi connectivity index (χ1) is 10.4. The number of nitrogens with one attached hydrogen (secondary N) is 1. The minimum atomic E-state index is -3.57. The monoisotopic (exact) mass is 344 g/mol.